The summed E-state index contributed by atoms with van der Waals surface area (Å²) < 4.78 is 15.1. The van der Waals surface area contributed by atoms with Crippen LogP contribution in [-0.2, 0) is 11.2 Å². The first-order valence-corrected chi connectivity index (χ1v) is 6.58. The highest BCUT2D eigenvalue weighted by Gasteiger charge is 2.07. The van der Waals surface area contributed by atoms with Crippen molar-refractivity contribution in [2.75, 3.05) is 10.8 Å². The third-order valence-corrected chi connectivity index (χ3v) is 3.04. The minimum absolute atomic E-state index is 0.152. The molecule has 0 atom stereocenters. The van der Waals surface area contributed by atoms with Crippen LogP contribution in [0, 0.1) is 5.82 Å². The number of benzene rings is 1. The Morgan fingerprint density at radius 3 is 2.78 bits per heavy atom. The van der Waals surface area contributed by atoms with E-state index in [4.69, 9.17) is 0 Å². The maximum atomic E-state index is 13.5. The molecular formula is C13H12BrFN2O. The van der Waals surface area contributed by atoms with E-state index in [-0.39, 0.29) is 17.1 Å². The summed E-state index contributed by atoms with van der Waals surface area (Å²) in [6.45, 7) is 0. The number of nitrogens with zero attached hydrogens (tertiary/aromatic N) is 1. The average Bonchev–Trinajstić information content (AvgIpc) is 2.79. The van der Waals surface area contributed by atoms with Gasteiger partial charge >= 0.3 is 0 Å². The van der Waals surface area contributed by atoms with E-state index >= 15 is 0 Å². The molecule has 1 aromatic carbocycles. The first-order valence-electron chi connectivity index (χ1n) is 5.46. The molecule has 3 nitrogen and oxygen atoms in total. The van der Waals surface area contributed by atoms with Crippen LogP contribution < -0.4 is 5.43 Å². The molecule has 1 N–H and O–H groups in total. The highest BCUT2D eigenvalue weighted by atomic mass is 79.9. The van der Waals surface area contributed by atoms with Crippen LogP contribution in [0.4, 0.5) is 4.39 Å². The van der Waals surface area contributed by atoms with Crippen molar-refractivity contribution in [3.8, 4) is 0 Å². The van der Waals surface area contributed by atoms with Crippen molar-refractivity contribution in [3.05, 3.63) is 59.7 Å². The van der Waals surface area contributed by atoms with Gasteiger partial charge in [0, 0.05) is 18.3 Å². The summed E-state index contributed by atoms with van der Waals surface area (Å²) in [7, 11) is 0. The molecule has 5 heteroatoms. The van der Waals surface area contributed by atoms with Gasteiger partial charge in [-0.15, -0.1) is 0 Å². The zero-order chi connectivity index (χ0) is 13.0. The van der Waals surface area contributed by atoms with Crippen LogP contribution in [0.3, 0.4) is 0 Å². The van der Waals surface area contributed by atoms with E-state index in [2.05, 4.69) is 21.4 Å². The lowest BCUT2D eigenvalue weighted by Crippen LogP contribution is -2.24. The van der Waals surface area contributed by atoms with Crippen LogP contribution in [0.2, 0.25) is 0 Å². The van der Waals surface area contributed by atoms with Gasteiger partial charge in [-0.2, -0.15) is 0 Å². The Morgan fingerprint density at radius 2 is 2.06 bits per heavy atom. The molecule has 0 aliphatic rings. The molecule has 1 amide bonds. The van der Waals surface area contributed by atoms with Gasteiger partial charge in [0.15, 0.2) is 0 Å². The molecule has 0 spiro atoms. The molecule has 2 aromatic rings. The molecular weight excluding hydrogens is 299 g/mol. The largest absolute Gasteiger partial charge is 0.272 e. The summed E-state index contributed by atoms with van der Waals surface area (Å²) in [5.74, 6) is -0.391. The van der Waals surface area contributed by atoms with Gasteiger partial charge in [0.2, 0.25) is 5.91 Å². The second kappa shape index (κ2) is 5.82. The number of alkyl halides is 1. The Hall–Kier alpha value is -1.62. The molecule has 0 radical (unpaired) electrons. The third kappa shape index (κ3) is 2.98. The van der Waals surface area contributed by atoms with Gasteiger partial charge in [0.25, 0.3) is 0 Å². The predicted molar refractivity (Wildman–Crippen MR) is 71.8 cm³/mol. The molecule has 0 saturated carbocycles. The monoisotopic (exact) mass is 310 g/mol. The smallest absolute Gasteiger partial charge is 0.249 e. The maximum absolute atomic E-state index is 13.5. The molecule has 1 aromatic heterocycles. The van der Waals surface area contributed by atoms with Crippen molar-refractivity contribution >= 4 is 21.8 Å². The molecule has 0 saturated heterocycles. The van der Waals surface area contributed by atoms with Crippen molar-refractivity contribution < 1.29 is 9.18 Å². The average molecular weight is 311 g/mol. The summed E-state index contributed by atoms with van der Waals surface area (Å²) >= 11 is 3.08. The van der Waals surface area contributed by atoms with Crippen LogP contribution >= 0.6 is 15.9 Å². The molecule has 94 valence electrons. The van der Waals surface area contributed by atoms with E-state index in [1.165, 1.54) is 6.07 Å². The van der Waals surface area contributed by atoms with E-state index in [1.807, 2.05) is 12.1 Å². The number of hydrogen-bond donors (Lipinski definition) is 1. The van der Waals surface area contributed by atoms with Gasteiger partial charge in [0.05, 0.1) is 5.33 Å². The van der Waals surface area contributed by atoms with Crippen molar-refractivity contribution in [2.45, 2.75) is 6.42 Å². The van der Waals surface area contributed by atoms with Gasteiger partial charge in [-0.3, -0.25) is 14.9 Å². The van der Waals surface area contributed by atoms with Gasteiger partial charge in [-0.05, 0) is 23.8 Å². The number of hydrogen-bond acceptors (Lipinski definition) is 1. The van der Waals surface area contributed by atoms with E-state index in [9.17, 15) is 9.18 Å². The Kier molecular flexibility index (Phi) is 4.15. The van der Waals surface area contributed by atoms with Gasteiger partial charge in [0.1, 0.15) is 5.82 Å². The van der Waals surface area contributed by atoms with Crippen LogP contribution in [0.5, 0.6) is 0 Å². The number of carbonyl (C=O) groups excluding carboxylic acids is 1. The molecule has 0 fully saturated rings. The number of halogens is 2. The van der Waals surface area contributed by atoms with E-state index in [1.54, 1.807) is 29.1 Å². The summed E-state index contributed by atoms with van der Waals surface area (Å²) in [5, 5.41) is 0.227. The van der Waals surface area contributed by atoms with Crippen LogP contribution in [0.25, 0.3) is 0 Å². The molecule has 0 aliphatic carbocycles. The highest BCUT2D eigenvalue weighted by Crippen LogP contribution is 2.13. The molecule has 0 unspecified atom stereocenters. The lowest BCUT2D eigenvalue weighted by Gasteiger charge is -2.10. The minimum atomic E-state index is -0.239. The molecule has 1 heterocycles. The standard InChI is InChI=1S/C13H12BrFN2O/c14-9-13(18)16-17-7-3-5-11(17)8-10-4-1-2-6-12(10)15/h1-7H,8-9H2,(H,16,18). The third-order valence-electron chi connectivity index (χ3n) is 2.53. The predicted octanol–water partition coefficient (Wildman–Crippen LogP) is 2.68. The second-order valence-electron chi connectivity index (χ2n) is 3.81. The van der Waals surface area contributed by atoms with E-state index in [0.717, 1.165) is 5.69 Å². The molecule has 0 aliphatic heterocycles. The lowest BCUT2D eigenvalue weighted by atomic mass is 10.1. The van der Waals surface area contributed by atoms with Crippen molar-refractivity contribution in [3.63, 3.8) is 0 Å². The fourth-order valence-electron chi connectivity index (χ4n) is 1.67. The fraction of sp³-hybridized carbons (Fsp3) is 0.154. The topological polar surface area (TPSA) is 34.0 Å². The minimum Gasteiger partial charge on any atom is -0.272 e. The Balaban J connectivity index is 2.18. The number of nitrogens with one attached hydrogen (secondary N) is 1. The normalized spacial score (nSPS) is 10.3. The summed E-state index contributed by atoms with van der Waals surface area (Å²) in [6.07, 6.45) is 2.17. The van der Waals surface area contributed by atoms with Crippen molar-refractivity contribution in [1.29, 1.82) is 0 Å². The zero-order valence-electron chi connectivity index (χ0n) is 9.57. The number of rotatable bonds is 4. The first-order chi connectivity index (χ1) is 8.70. The molecule has 18 heavy (non-hydrogen) atoms. The molecule has 0 bridgehead atoms. The fourth-order valence-corrected chi connectivity index (χ4v) is 1.80. The summed E-state index contributed by atoms with van der Waals surface area (Å²) in [4.78, 5) is 11.3. The van der Waals surface area contributed by atoms with Crippen LogP contribution in [0.15, 0.2) is 42.6 Å². The van der Waals surface area contributed by atoms with E-state index < -0.39 is 0 Å². The van der Waals surface area contributed by atoms with Crippen molar-refractivity contribution in [2.24, 2.45) is 0 Å². The van der Waals surface area contributed by atoms with Crippen LogP contribution in [0.1, 0.15) is 11.3 Å². The SMILES string of the molecule is O=C(CBr)Nn1cccc1Cc1ccccc1F. The highest BCUT2D eigenvalue weighted by molar-refractivity contribution is 9.09. The van der Waals surface area contributed by atoms with E-state index in [0.29, 0.717) is 12.0 Å². The van der Waals surface area contributed by atoms with Gasteiger partial charge in [-0.25, -0.2) is 4.39 Å². The zero-order valence-corrected chi connectivity index (χ0v) is 11.2. The Labute approximate surface area is 113 Å². The molecule has 2 rings (SSSR count). The Bertz CT molecular complexity index is 553. The quantitative estimate of drug-likeness (QED) is 0.866. The van der Waals surface area contributed by atoms with Gasteiger partial charge in [-0.1, -0.05) is 34.1 Å². The maximum Gasteiger partial charge on any atom is 0.249 e. The number of amides is 1. The lowest BCUT2D eigenvalue weighted by molar-refractivity contribution is -0.114. The Morgan fingerprint density at radius 1 is 1.28 bits per heavy atom. The van der Waals surface area contributed by atoms with Crippen LogP contribution in [-0.4, -0.2) is 15.9 Å². The number of aromatic nitrogens is 1. The van der Waals surface area contributed by atoms with Crippen molar-refractivity contribution in [1.82, 2.24) is 4.68 Å². The summed E-state index contributed by atoms with van der Waals surface area (Å²) in [5.41, 5.74) is 4.12. The first kappa shape index (κ1) is 12.8. The number of carbonyl (C=O) groups is 1. The van der Waals surface area contributed by atoms with Gasteiger partial charge < -0.3 is 0 Å². The second-order valence-corrected chi connectivity index (χ2v) is 4.37. The summed E-state index contributed by atoms with van der Waals surface area (Å²) in [6, 6.07) is 10.3.